The number of sulfone groups is 1. The molecule has 2 saturated carbocycles. The number of nitrogens with zero attached hydrogens (tertiary/aromatic N) is 1. The molecule has 0 bridgehead atoms. The maximum absolute atomic E-state index is 16.1. The number of benzene rings is 1. The first-order valence-corrected chi connectivity index (χ1v) is 18.1. The number of halogens is 6. The Labute approximate surface area is 263 Å². The van der Waals surface area contributed by atoms with E-state index in [0.29, 0.717) is 19.4 Å². The van der Waals surface area contributed by atoms with E-state index >= 15 is 4.39 Å². The standard InChI is InChI=1S/C33H49F6NO4S/c1-30-21-27(34)29-25-11-10-24(41)20-23(25)19-22(28(29)26(30)12-14-31(30,2)42)9-5-4-6-15-40(3)16-8-18-45(43,44)17-7-13-32(35,36)33(37,38)39/h10-11,20,22,26-29,41-42H,4-9,12-19,21H2,1-3H3/t22-,26+,27+,28+,29+,30+,31+/m1/s1. The molecule has 1 aromatic carbocycles. The summed E-state index contributed by atoms with van der Waals surface area (Å²) in [7, 11) is -1.86. The Morgan fingerprint density at radius 1 is 1.00 bits per heavy atom. The molecule has 45 heavy (non-hydrogen) atoms. The molecular weight excluding hydrogens is 620 g/mol. The van der Waals surface area contributed by atoms with Crippen LogP contribution < -0.4 is 0 Å². The average molecular weight is 670 g/mol. The fraction of sp³-hybridized carbons (Fsp3) is 0.818. The monoisotopic (exact) mass is 669 g/mol. The SMILES string of the molecule is CN(CCCCC[C@@H]1Cc2cc(O)ccc2[C@@H]2[C@@H]1[C@@H]1CC[C@](C)(O)[C@@]1(C)C[C@@H]2F)CCCS(=O)(=O)CCCC(F)(F)C(F)(F)F. The normalized spacial score (nSPS) is 31.9. The number of alkyl halides is 6. The highest BCUT2D eigenvalue weighted by molar-refractivity contribution is 7.91. The molecule has 0 radical (unpaired) electrons. The summed E-state index contributed by atoms with van der Waals surface area (Å²) in [6, 6.07) is 5.30. The first-order chi connectivity index (χ1) is 20.8. The zero-order valence-electron chi connectivity index (χ0n) is 26.6. The summed E-state index contributed by atoms with van der Waals surface area (Å²) in [5.74, 6) is -5.33. The largest absolute Gasteiger partial charge is 0.508 e. The number of unbranched alkanes of at least 4 members (excludes halogenated alkanes) is 2. The van der Waals surface area contributed by atoms with Crippen LogP contribution >= 0.6 is 0 Å². The molecule has 0 aliphatic heterocycles. The number of phenols is 1. The minimum absolute atomic E-state index is 0.120. The lowest BCUT2D eigenvalue weighted by Crippen LogP contribution is -2.54. The van der Waals surface area contributed by atoms with Crippen LogP contribution in [0, 0.1) is 23.2 Å². The summed E-state index contributed by atoms with van der Waals surface area (Å²) in [6.07, 6.45) is -2.47. The van der Waals surface area contributed by atoms with Crippen LogP contribution in [0.15, 0.2) is 18.2 Å². The van der Waals surface area contributed by atoms with E-state index in [2.05, 4.69) is 6.92 Å². The van der Waals surface area contributed by atoms with Gasteiger partial charge in [-0.1, -0.05) is 25.8 Å². The highest BCUT2D eigenvalue weighted by Crippen LogP contribution is 2.66. The van der Waals surface area contributed by atoms with Crippen LogP contribution in [0.3, 0.4) is 0 Å². The van der Waals surface area contributed by atoms with E-state index in [9.17, 15) is 40.6 Å². The number of phenolic OH excluding ortho intramolecular Hbond substituents is 1. The van der Waals surface area contributed by atoms with Gasteiger partial charge in [0.05, 0.1) is 17.1 Å². The quantitative estimate of drug-likeness (QED) is 0.159. The second-order valence-electron chi connectivity index (χ2n) is 14.5. The number of aromatic hydroxyl groups is 1. The van der Waals surface area contributed by atoms with Gasteiger partial charge in [0.2, 0.25) is 0 Å². The van der Waals surface area contributed by atoms with E-state index in [0.717, 1.165) is 56.2 Å². The second-order valence-corrected chi connectivity index (χ2v) is 16.8. The van der Waals surface area contributed by atoms with Gasteiger partial charge in [-0.2, -0.15) is 22.0 Å². The Bertz CT molecular complexity index is 1270. The third kappa shape index (κ3) is 7.96. The zero-order chi connectivity index (χ0) is 33.4. The highest BCUT2D eigenvalue weighted by atomic mass is 32.2. The highest BCUT2D eigenvalue weighted by Gasteiger charge is 2.63. The average Bonchev–Trinajstić information content (AvgIpc) is 3.14. The molecule has 2 fully saturated rings. The fourth-order valence-corrected chi connectivity index (χ4v) is 10.0. The Kier molecular flexibility index (Phi) is 10.9. The topological polar surface area (TPSA) is 77.8 Å². The van der Waals surface area contributed by atoms with Crippen molar-refractivity contribution in [3.8, 4) is 5.75 Å². The lowest BCUT2D eigenvalue weighted by atomic mass is 9.50. The third-order valence-corrected chi connectivity index (χ3v) is 13.2. The van der Waals surface area contributed by atoms with Gasteiger partial charge in [-0.05, 0) is 119 Å². The van der Waals surface area contributed by atoms with Gasteiger partial charge in [-0.15, -0.1) is 0 Å². The van der Waals surface area contributed by atoms with E-state index in [1.54, 1.807) is 12.1 Å². The maximum Gasteiger partial charge on any atom is 0.453 e. The van der Waals surface area contributed by atoms with Crippen molar-refractivity contribution >= 4 is 9.84 Å². The van der Waals surface area contributed by atoms with Crippen LogP contribution in [0.25, 0.3) is 0 Å². The molecule has 0 heterocycles. The van der Waals surface area contributed by atoms with Gasteiger partial charge in [-0.3, -0.25) is 0 Å². The predicted octanol–water partition coefficient (Wildman–Crippen LogP) is 7.45. The smallest absolute Gasteiger partial charge is 0.453 e. The van der Waals surface area contributed by atoms with Gasteiger partial charge < -0.3 is 15.1 Å². The van der Waals surface area contributed by atoms with Crippen molar-refractivity contribution in [3.63, 3.8) is 0 Å². The minimum atomic E-state index is -5.68. The maximum atomic E-state index is 16.1. The summed E-state index contributed by atoms with van der Waals surface area (Å²) in [6.45, 7) is 5.10. The first-order valence-electron chi connectivity index (χ1n) is 16.3. The Balaban J connectivity index is 1.24. The van der Waals surface area contributed by atoms with Crippen LogP contribution in [-0.2, 0) is 16.3 Å². The van der Waals surface area contributed by atoms with Crippen molar-refractivity contribution in [3.05, 3.63) is 29.3 Å². The number of fused-ring (bicyclic) bond motifs is 5. The molecule has 5 nitrogen and oxygen atoms in total. The summed E-state index contributed by atoms with van der Waals surface area (Å²) in [5, 5.41) is 21.4. The molecule has 12 heteroatoms. The molecule has 4 rings (SSSR count). The van der Waals surface area contributed by atoms with Gasteiger partial charge in [0.1, 0.15) is 21.8 Å². The lowest BCUT2D eigenvalue weighted by molar-refractivity contribution is -0.284. The van der Waals surface area contributed by atoms with Crippen molar-refractivity contribution in [2.45, 2.75) is 114 Å². The molecule has 0 unspecified atom stereocenters. The van der Waals surface area contributed by atoms with Gasteiger partial charge in [-0.25, -0.2) is 12.8 Å². The lowest BCUT2D eigenvalue weighted by Gasteiger charge is -2.56. The van der Waals surface area contributed by atoms with Gasteiger partial charge in [0, 0.05) is 17.8 Å². The molecule has 258 valence electrons. The number of hydrogen-bond donors (Lipinski definition) is 2. The minimum Gasteiger partial charge on any atom is -0.508 e. The number of rotatable bonds is 14. The van der Waals surface area contributed by atoms with Gasteiger partial charge in [0.15, 0.2) is 0 Å². The molecule has 0 amide bonds. The Hall–Kier alpha value is -1.53. The molecule has 0 saturated heterocycles. The second kappa shape index (κ2) is 13.5. The number of hydrogen-bond acceptors (Lipinski definition) is 5. The van der Waals surface area contributed by atoms with E-state index in [-0.39, 0.29) is 41.6 Å². The third-order valence-electron chi connectivity index (χ3n) is 11.4. The fourth-order valence-electron chi connectivity index (χ4n) is 8.67. The molecular formula is C33H49F6NO4S. The molecule has 2 N–H and O–H groups in total. The Morgan fingerprint density at radius 2 is 1.67 bits per heavy atom. The van der Waals surface area contributed by atoms with E-state index in [4.69, 9.17) is 0 Å². The van der Waals surface area contributed by atoms with Crippen LogP contribution in [-0.4, -0.2) is 79.0 Å². The molecule has 3 aliphatic rings. The van der Waals surface area contributed by atoms with Gasteiger partial charge in [0.25, 0.3) is 0 Å². The molecule has 3 aliphatic carbocycles. The van der Waals surface area contributed by atoms with Crippen molar-refractivity contribution in [1.82, 2.24) is 4.90 Å². The Morgan fingerprint density at radius 3 is 2.36 bits per heavy atom. The van der Waals surface area contributed by atoms with E-state index in [1.165, 1.54) is 0 Å². The predicted molar refractivity (Wildman–Crippen MR) is 162 cm³/mol. The van der Waals surface area contributed by atoms with E-state index in [1.807, 2.05) is 24.9 Å². The van der Waals surface area contributed by atoms with Crippen molar-refractivity contribution in [2.24, 2.45) is 23.2 Å². The molecule has 0 aromatic heterocycles. The summed E-state index contributed by atoms with van der Waals surface area (Å²) < 4.78 is 103. The van der Waals surface area contributed by atoms with Crippen LogP contribution in [0.1, 0.15) is 95.1 Å². The summed E-state index contributed by atoms with van der Waals surface area (Å²) in [5.41, 5.74) is 0.627. The van der Waals surface area contributed by atoms with Crippen LogP contribution in [0.5, 0.6) is 5.75 Å². The first kappa shape index (κ1) is 36.3. The number of aliphatic hydroxyl groups is 1. The molecule has 0 spiro atoms. The summed E-state index contributed by atoms with van der Waals surface area (Å²) in [4.78, 5) is 1.99. The van der Waals surface area contributed by atoms with Crippen LogP contribution in [0.2, 0.25) is 0 Å². The van der Waals surface area contributed by atoms with Crippen LogP contribution in [0.4, 0.5) is 26.3 Å². The molecule has 7 atom stereocenters. The van der Waals surface area contributed by atoms with Gasteiger partial charge >= 0.3 is 12.1 Å². The van der Waals surface area contributed by atoms with Crippen molar-refractivity contribution < 1.29 is 45.0 Å². The van der Waals surface area contributed by atoms with Crippen molar-refractivity contribution in [1.29, 1.82) is 0 Å². The van der Waals surface area contributed by atoms with Crippen molar-refractivity contribution in [2.75, 3.05) is 31.6 Å². The zero-order valence-corrected chi connectivity index (χ0v) is 27.4. The molecule has 1 aromatic rings. The van der Waals surface area contributed by atoms with E-state index < -0.39 is 57.7 Å². The summed E-state index contributed by atoms with van der Waals surface area (Å²) >= 11 is 0.